The van der Waals surface area contributed by atoms with Crippen molar-refractivity contribution in [1.29, 1.82) is 0 Å². The molecule has 0 saturated carbocycles. The van der Waals surface area contributed by atoms with E-state index < -0.39 is 0 Å². The van der Waals surface area contributed by atoms with Crippen LogP contribution >= 0.6 is 0 Å². The van der Waals surface area contributed by atoms with Crippen LogP contribution in [0, 0.1) is 0 Å². The van der Waals surface area contributed by atoms with Gasteiger partial charge in [0.2, 0.25) is 5.95 Å². The van der Waals surface area contributed by atoms with Crippen molar-refractivity contribution in [2.24, 2.45) is 5.84 Å². The van der Waals surface area contributed by atoms with Gasteiger partial charge in [-0.3, -0.25) is 0 Å². The monoisotopic (exact) mass is 258 g/mol. The van der Waals surface area contributed by atoms with Gasteiger partial charge in [-0.1, -0.05) is 37.3 Å². The van der Waals surface area contributed by atoms with Gasteiger partial charge in [-0.2, -0.15) is 9.97 Å². The molecule has 19 heavy (non-hydrogen) atoms. The molecule has 2 rings (SSSR count). The van der Waals surface area contributed by atoms with E-state index in [-0.39, 0.29) is 5.95 Å². The van der Waals surface area contributed by atoms with E-state index in [9.17, 15) is 0 Å². The fourth-order valence-electron chi connectivity index (χ4n) is 1.79. The standard InChI is InChI=1S/C13H18N6/c1-9(10-5-3-2-4-6-10)8-16-11-7-12(19-15)18-13(14)17-11/h2-7,9H,8,15H2,1H3,(H4,14,16,17,18,19). The third kappa shape index (κ3) is 3.56. The minimum absolute atomic E-state index is 0.185. The van der Waals surface area contributed by atoms with E-state index in [1.807, 2.05) is 18.2 Å². The Bertz CT molecular complexity index is 528. The topological polar surface area (TPSA) is 102 Å². The summed E-state index contributed by atoms with van der Waals surface area (Å²) in [6.45, 7) is 2.90. The quantitative estimate of drug-likeness (QED) is 0.479. The van der Waals surface area contributed by atoms with Crippen molar-refractivity contribution in [2.75, 3.05) is 23.0 Å². The smallest absolute Gasteiger partial charge is 0.223 e. The maximum Gasteiger partial charge on any atom is 0.223 e. The predicted molar refractivity (Wildman–Crippen MR) is 77.6 cm³/mol. The number of anilines is 3. The molecular weight excluding hydrogens is 240 g/mol. The third-order valence-electron chi connectivity index (χ3n) is 2.85. The summed E-state index contributed by atoms with van der Waals surface area (Å²) < 4.78 is 0. The van der Waals surface area contributed by atoms with Crippen LogP contribution in [0.2, 0.25) is 0 Å². The van der Waals surface area contributed by atoms with Crippen LogP contribution in [-0.2, 0) is 0 Å². The zero-order valence-electron chi connectivity index (χ0n) is 10.8. The number of nitrogens with two attached hydrogens (primary N) is 2. The van der Waals surface area contributed by atoms with Crippen LogP contribution in [0.4, 0.5) is 17.6 Å². The molecule has 0 radical (unpaired) electrons. The van der Waals surface area contributed by atoms with E-state index in [1.165, 1.54) is 5.56 Å². The van der Waals surface area contributed by atoms with Crippen molar-refractivity contribution in [3.8, 4) is 0 Å². The van der Waals surface area contributed by atoms with Gasteiger partial charge in [0.05, 0.1) is 0 Å². The minimum atomic E-state index is 0.185. The van der Waals surface area contributed by atoms with Crippen molar-refractivity contribution in [1.82, 2.24) is 9.97 Å². The van der Waals surface area contributed by atoms with Crippen molar-refractivity contribution in [2.45, 2.75) is 12.8 Å². The molecular formula is C13H18N6. The minimum Gasteiger partial charge on any atom is -0.369 e. The predicted octanol–water partition coefficient (Wildman–Crippen LogP) is 1.56. The second kappa shape index (κ2) is 6.01. The highest BCUT2D eigenvalue weighted by molar-refractivity contribution is 5.50. The highest BCUT2D eigenvalue weighted by atomic mass is 15.3. The third-order valence-corrected chi connectivity index (χ3v) is 2.85. The van der Waals surface area contributed by atoms with Gasteiger partial charge in [-0.15, -0.1) is 0 Å². The SMILES string of the molecule is CC(CNc1cc(NN)nc(N)n1)c1ccccc1. The maximum atomic E-state index is 5.59. The summed E-state index contributed by atoms with van der Waals surface area (Å²) >= 11 is 0. The molecule has 2 aromatic rings. The summed E-state index contributed by atoms with van der Waals surface area (Å²) in [6.07, 6.45) is 0. The summed E-state index contributed by atoms with van der Waals surface area (Å²) in [6, 6.07) is 12.0. The maximum absolute atomic E-state index is 5.59. The molecule has 0 aliphatic carbocycles. The Labute approximate surface area is 112 Å². The number of nitrogens with zero attached hydrogens (tertiary/aromatic N) is 2. The Morgan fingerprint density at radius 2 is 1.84 bits per heavy atom. The zero-order chi connectivity index (χ0) is 13.7. The summed E-state index contributed by atoms with van der Waals surface area (Å²) in [7, 11) is 0. The molecule has 6 N–H and O–H groups in total. The van der Waals surface area contributed by atoms with Crippen LogP contribution in [0.5, 0.6) is 0 Å². The number of aromatic nitrogens is 2. The summed E-state index contributed by atoms with van der Waals surface area (Å²) in [5.41, 5.74) is 9.32. The lowest BCUT2D eigenvalue weighted by Gasteiger charge is -2.14. The summed E-state index contributed by atoms with van der Waals surface area (Å²) in [5.74, 6) is 7.01. The number of hydrazine groups is 1. The largest absolute Gasteiger partial charge is 0.369 e. The van der Waals surface area contributed by atoms with E-state index in [2.05, 4.69) is 39.8 Å². The molecule has 0 spiro atoms. The van der Waals surface area contributed by atoms with Crippen LogP contribution < -0.4 is 22.3 Å². The average molecular weight is 258 g/mol. The number of benzene rings is 1. The zero-order valence-corrected chi connectivity index (χ0v) is 10.8. The summed E-state index contributed by atoms with van der Waals surface area (Å²) in [4.78, 5) is 8.04. The first-order chi connectivity index (χ1) is 9.19. The average Bonchev–Trinajstić information content (AvgIpc) is 2.45. The van der Waals surface area contributed by atoms with Gasteiger partial charge in [0.1, 0.15) is 11.6 Å². The Morgan fingerprint density at radius 3 is 2.53 bits per heavy atom. The normalized spacial score (nSPS) is 11.9. The molecule has 1 unspecified atom stereocenters. The first-order valence-corrected chi connectivity index (χ1v) is 6.09. The van der Waals surface area contributed by atoms with E-state index in [1.54, 1.807) is 6.07 Å². The van der Waals surface area contributed by atoms with Gasteiger partial charge in [-0.25, -0.2) is 5.84 Å². The molecule has 1 heterocycles. The Hall–Kier alpha value is -2.34. The molecule has 1 aromatic heterocycles. The fourth-order valence-corrected chi connectivity index (χ4v) is 1.79. The highest BCUT2D eigenvalue weighted by Crippen LogP contribution is 2.17. The van der Waals surface area contributed by atoms with Gasteiger partial charge in [-0.05, 0) is 11.5 Å². The number of rotatable bonds is 5. The molecule has 0 fully saturated rings. The number of nitrogens with one attached hydrogen (secondary N) is 2. The first kappa shape index (κ1) is 13.1. The molecule has 6 nitrogen and oxygen atoms in total. The van der Waals surface area contributed by atoms with Gasteiger partial charge in [0.15, 0.2) is 0 Å². The first-order valence-electron chi connectivity index (χ1n) is 6.09. The molecule has 0 aliphatic heterocycles. The molecule has 0 amide bonds. The molecule has 0 saturated heterocycles. The van der Waals surface area contributed by atoms with E-state index in [4.69, 9.17) is 11.6 Å². The molecule has 100 valence electrons. The number of hydrogen-bond donors (Lipinski definition) is 4. The second-order valence-corrected chi connectivity index (χ2v) is 4.33. The second-order valence-electron chi connectivity index (χ2n) is 4.33. The Kier molecular flexibility index (Phi) is 4.15. The van der Waals surface area contributed by atoms with E-state index >= 15 is 0 Å². The fraction of sp³-hybridized carbons (Fsp3) is 0.231. The van der Waals surface area contributed by atoms with Crippen LogP contribution in [0.25, 0.3) is 0 Å². The molecule has 1 atom stereocenters. The summed E-state index contributed by atoms with van der Waals surface area (Å²) in [5, 5.41) is 3.23. The Balaban J connectivity index is 2.01. The van der Waals surface area contributed by atoms with Crippen LogP contribution in [0.3, 0.4) is 0 Å². The lowest BCUT2D eigenvalue weighted by Crippen LogP contribution is -2.14. The van der Waals surface area contributed by atoms with E-state index in [0.717, 1.165) is 6.54 Å². The van der Waals surface area contributed by atoms with Gasteiger partial charge < -0.3 is 16.5 Å². The molecule has 0 aliphatic rings. The molecule has 6 heteroatoms. The van der Waals surface area contributed by atoms with Crippen LogP contribution in [0.1, 0.15) is 18.4 Å². The van der Waals surface area contributed by atoms with Gasteiger partial charge >= 0.3 is 0 Å². The number of hydrogen-bond acceptors (Lipinski definition) is 6. The van der Waals surface area contributed by atoms with Crippen molar-refractivity contribution in [3.05, 3.63) is 42.0 Å². The lowest BCUT2D eigenvalue weighted by atomic mass is 10.0. The Morgan fingerprint density at radius 1 is 1.16 bits per heavy atom. The number of nitrogen functional groups attached to an aromatic ring is 2. The van der Waals surface area contributed by atoms with Crippen LogP contribution in [0.15, 0.2) is 36.4 Å². The van der Waals surface area contributed by atoms with Gasteiger partial charge in [0, 0.05) is 12.6 Å². The van der Waals surface area contributed by atoms with Crippen molar-refractivity contribution >= 4 is 17.6 Å². The molecule has 1 aromatic carbocycles. The van der Waals surface area contributed by atoms with Crippen molar-refractivity contribution in [3.63, 3.8) is 0 Å². The van der Waals surface area contributed by atoms with E-state index in [0.29, 0.717) is 17.6 Å². The van der Waals surface area contributed by atoms with Crippen molar-refractivity contribution < 1.29 is 0 Å². The van der Waals surface area contributed by atoms with Gasteiger partial charge in [0.25, 0.3) is 0 Å². The lowest BCUT2D eigenvalue weighted by molar-refractivity contribution is 0.801. The highest BCUT2D eigenvalue weighted by Gasteiger charge is 2.06. The molecule has 0 bridgehead atoms. The van der Waals surface area contributed by atoms with Crippen LogP contribution in [-0.4, -0.2) is 16.5 Å².